The first-order chi connectivity index (χ1) is 10.0. The molecule has 2 N–H and O–H groups in total. The Hall–Kier alpha value is -2.49. The molecular weight excluding hydrogens is 264 g/mol. The highest BCUT2D eigenvalue weighted by molar-refractivity contribution is 5.99. The molecule has 0 saturated carbocycles. The average Bonchev–Trinajstić information content (AvgIpc) is 2.48. The molecule has 21 heavy (non-hydrogen) atoms. The smallest absolute Gasteiger partial charge is 0.340 e. The van der Waals surface area contributed by atoms with Gasteiger partial charge in [0.15, 0.2) is 0 Å². The maximum Gasteiger partial charge on any atom is 0.340 e. The predicted octanol–water partition coefficient (Wildman–Crippen LogP) is 3.52. The number of anilines is 3. The second kappa shape index (κ2) is 6.31. The van der Waals surface area contributed by atoms with Crippen LogP contribution in [0.2, 0.25) is 0 Å². The molecule has 0 aliphatic rings. The summed E-state index contributed by atoms with van der Waals surface area (Å²) in [6.45, 7) is 4.15. The topological polar surface area (TPSA) is 55.6 Å². The van der Waals surface area contributed by atoms with Crippen LogP contribution in [0.1, 0.15) is 22.8 Å². The van der Waals surface area contributed by atoms with Crippen LogP contribution in [0, 0.1) is 6.92 Å². The fourth-order valence-electron chi connectivity index (χ4n) is 2.14. The highest BCUT2D eigenvalue weighted by atomic mass is 16.5. The van der Waals surface area contributed by atoms with Gasteiger partial charge in [-0.3, -0.25) is 0 Å². The third-order valence-corrected chi connectivity index (χ3v) is 3.36. The molecule has 0 fully saturated rings. The molecule has 4 heteroatoms. The molecule has 0 aliphatic carbocycles. The summed E-state index contributed by atoms with van der Waals surface area (Å²) in [7, 11) is 1.92. The zero-order valence-corrected chi connectivity index (χ0v) is 12.6. The monoisotopic (exact) mass is 284 g/mol. The summed E-state index contributed by atoms with van der Waals surface area (Å²) in [4.78, 5) is 13.9. The molecule has 0 unspecified atom stereocenters. The van der Waals surface area contributed by atoms with Crippen LogP contribution in [-0.4, -0.2) is 19.6 Å². The molecule has 0 aliphatic heterocycles. The lowest BCUT2D eigenvalue weighted by molar-refractivity contribution is 0.0527. The van der Waals surface area contributed by atoms with Crippen molar-refractivity contribution in [2.45, 2.75) is 13.8 Å². The molecule has 2 aromatic carbocycles. The van der Waals surface area contributed by atoms with Gasteiger partial charge < -0.3 is 15.4 Å². The highest BCUT2D eigenvalue weighted by Crippen LogP contribution is 2.31. The Morgan fingerprint density at radius 2 is 1.86 bits per heavy atom. The fourth-order valence-corrected chi connectivity index (χ4v) is 2.14. The van der Waals surface area contributed by atoms with Crippen LogP contribution in [0.25, 0.3) is 0 Å². The minimum Gasteiger partial charge on any atom is -0.462 e. The Bertz CT molecular complexity index is 636. The van der Waals surface area contributed by atoms with Crippen molar-refractivity contribution < 1.29 is 9.53 Å². The minimum absolute atomic E-state index is 0.330. The van der Waals surface area contributed by atoms with E-state index in [1.807, 2.05) is 55.3 Å². The number of rotatable bonds is 4. The largest absolute Gasteiger partial charge is 0.462 e. The number of nitrogens with zero attached hydrogens (tertiary/aromatic N) is 1. The van der Waals surface area contributed by atoms with Crippen LogP contribution in [0.3, 0.4) is 0 Å². The van der Waals surface area contributed by atoms with Crippen LogP contribution in [0.5, 0.6) is 0 Å². The van der Waals surface area contributed by atoms with Crippen LogP contribution in [0.4, 0.5) is 17.1 Å². The number of ether oxygens (including phenoxy) is 1. The van der Waals surface area contributed by atoms with E-state index in [0.29, 0.717) is 17.9 Å². The van der Waals surface area contributed by atoms with E-state index in [0.717, 1.165) is 11.4 Å². The standard InChI is InChI=1S/C17H20N2O2/c1-4-21-17(20)14-6-5-7-15(16(14)18)19(3)13-10-8-12(2)9-11-13/h5-11H,4,18H2,1-3H3. The normalized spacial score (nSPS) is 10.2. The Kier molecular flexibility index (Phi) is 4.48. The lowest BCUT2D eigenvalue weighted by Crippen LogP contribution is -2.15. The van der Waals surface area contributed by atoms with Gasteiger partial charge in [-0.15, -0.1) is 0 Å². The van der Waals surface area contributed by atoms with Gasteiger partial charge in [0.1, 0.15) is 0 Å². The number of hydrogen-bond donors (Lipinski definition) is 1. The molecular formula is C17H20N2O2. The zero-order chi connectivity index (χ0) is 15.4. The minimum atomic E-state index is -0.394. The highest BCUT2D eigenvalue weighted by Gasteiger charge is 2.16. The van der Waals surface area contributed by atoms with Gasteiger partial charge in [0.05, 0.1) is 23.5 Å². The van der Waals surface area contributed by atoms with Gasteiger partial charge in [-0.25, -0.2) is 4.79 Å². The summed E-state index contributed by atoms with van der Waals surface area (Å²) in [6, 6.07) is 13.5. The van der Waals surface area contributed by atoms with E-state index in [4.69, 9.17) is 10.5 Å². The quantitative estimate of drug-likeness (QED) is 0.689. The third kappa shape index (κ3) is 3.16. The lowest BCUT2D eigenvalue weighted by Gasteiger charge is -2.22. The van der Waals surface area contributed by atoms with Crippen molar-refractivity contribution in [3.63, 3.8) is 0 Å². The number of carbonyl (C=O) groups is 1. The second-order valence-corrected chi connectivity index (χ2v) is 4.85. The number of carbonyl (C=O) groups excluding carboxylic acids is 1. The molecule has 0 radical (unpaired) electrons. The second-order valence-electron chi connectivity index (χ2n) is 4.85. The molecule has 0 bridgehead atoms. The first-order valence-electron chi connectivity index (χ1n) is 6.90. The third-order valence-electron chi connectivity index (χ3n) is 3.36. The molecule has 0 aromatic heterocycles. The summed E-state index contributed by atoms with van der Waals surface area (Å²) in [5.41, 5.74) is 9.95. The number of aryl methyl sites for hydroxylation is 1. The number of nitrogen functional groups attached to an aromatic ring is 1. The molecule has 0 heterocycles. The van der Waals surface area contributed by atoms with E-state index in [2.05, 4.69) is 0 Å². The number of hydrogen-bond acceptors (Lipinski definition) is 4. The first-order valence-corrected chi connectivity index (χ1v) is 6.90. The summed E-state index contributed by atoms with van der Waals surface area (Å²) in [5, 5.41) is 0. The molecule has 0 atom stereocenters. The Balaban J connectivity index is 2.37. The van der Waals surface area contributed by atoms with Crippen LogP contribution < -0.4 is 10.6 Å². The summed E-state index contributed by atoms with van der Waals surface area (Å²) in [5.74, 6) is -0.394. The van der Waals surface area contributed by atoms with Gasteiger partial charge in [0, 0.05) is 12.7 Å². The summed E-state index contributed by atoms with van der Waals surface area (Å²) < 4.78 is 5.03. The van der Waals surface area contributed by atoms with E-state index < -0.39 is 5.97 Å². The predicted molar refractivity (Wildman–Crippen MR) is 86.1 cm³/mol. The van der Waals surface area contributed by atoms with Gasteiger partial charge in [0.2, 0.25) is 0 Å². The lowest BCUT2D eigenvalue weighted by atomic mass is 10.1. The number of esters is 1. The van der Waals surface area contributed by atoms with Crippen molar-refractivity contribution >= 4 is 23.0 Å². The maximum atomic E-state index is 11.9. The SMILES string of the molecule is CCOC(=O)c1cccc(N(C)c2ccc(C)cc2)c1N. The molecule has 2 aromatic rings. The van der Waals surface area contributed by atoms with Crippen molar-refractivity contribution in [3.05, 3.63) is 53.6 Å². The van der Waals surface area contributed by atoms with Gasteiger partial charge in [-0.1, -0.05) is 23.8 Å². The number of benzene rings is 2. The van der Waals surface area contributed by atoms with E-state index in [1.165, 1.54) is 5.56 Å². The van der Waals surface area contributed by atoms with E-state index in [-0.39, 0.29) is 0 Å². The first kappa shape index (κ1) is 14.9. The summed E-state index contributed by atoms with van der Waals surface area (Å²) >= 11 is 0. The molecule has 2 rings (SSSR count). The van der Waals surface area contributed by atoms with Crippen molar-refractivity contribution in [1.29, 1.82) is 0 Å². The van der Waals surface area contributed by atoms with Crippen LogP contribution in [-0.2, 0) is 4.74 Å². The van der Waals surface area contributed by atoms with E-state index in [9.17, 15) is 4.79 Å². The Morgan fingerprint density at radius 3 is 2.48 bits per heavy atom. The summed E-state index contributed by atoms with van der Waals surface area (Å²) in [6.07, 6.45) is 0. The van der Waals surface area contributed by atoms with Gasteiger partial charge in [-0.05, 0) is 38.1 Å². The van der Waals surface area contributed by atoms with Crippen molar-refractivity contribution in [2.75, 3.05) is 24.3 Å². The van der Waals surface area contributed by atoms with Crippen molar-refractivity contribution in [3.8, 4) is 0 Å². The van der Waals surface area contributed by atoms with Crippen LogP contribution in [0.15, 0.2) is 42.5 Å². The average molecular weight is 284 g/mol. The Labute approximate surface area is 125 Å². The molecule has 4 nitrogen and oxygen atoms in total. The van der Waals surface area contributed by atoms with Crippen molar-refractivity contribution in [2.24, 2.45) is 0 Å². The van der Waals surface area contributed by atoms with Crippen LogP contribution >= 0.6 is 0 Å². The zero-order valence-electron chi connectivity index (χ0n) is 12.6. The Morgan fingerprint density at radius 1 is 1.19 bits per heavy atom. The molecule has 0 saturated heterocycles. The van der Waals surface area contributed by atoms with Gasteiger partial charge >= 0.3 is 5.97 Å². The number of para-hydroxylation sites is 1. The fraction of sp³-hybridized carbons (Fsp3) is 0.235. The van der Waals surface area contributed by atoms with E-state index >= 15 is 0 Å². The van der Waals surface area contributed by atoms with Gasteiger partial charge in [-0.2, -0.15) is 0 Å². The molecule has 110 valence electrons. The van der Waals surface area contributed by atoms with E-state index in [1.54, 1.807) is 13.0 Å². The molecule has 0 amide bonds. The number of nitrogens with two attached hydrogens (primary N) is 1. The maximum absolute atomic E-state index is 11.9. The molecule has 0 spiro atoms. The van der Waals surface area contributed by atoms with Gasteiger partial charge in [0.25, 0.3) is 0 Å². The van der Waals surface area contributed by atoms with Crippen molar-refractivity contribution in [1.82, 2.24) is 0 Å².